The van der Waals surface area contributed by atoms with Crippen LogP contribution in [-0.2, 0) is 0 Å². The van der Waals surface area contributed by atoms with E-state index in [4.69, 9.17) is 4.98 Å². The third-order valence-corrected chi connectivity index (χ3v) is 5.79. The number of nitrogens with one attached hydrogen (secondary N) is 2. The van der Waals surface area contributed by atoms with Crippen molar-refractivity contribution in [3.05, 3.63) is 82.9 Å². The van der Waals surface area contributed by atoms with Crippen LogP contribution in [-0.4, -0.2) is 36.6 Å². The van der Waals surface area contributed by atoms with Crippen molar-refractivity contribution in [3.8, 4) is 0 Å². The zero-order valence-corrected chi connectivity index (χ0v) is 18.6. The van der Waals surface area contributed by atoms with Crippen LogP contribution >= 0.6 is 0 Å². The van der Waals surface area contributed by atoms with Crippen LogP contribution in [0.3, 0.4) is 0 Å². The summed E-state index contributed by atoms with van der Waals surface area (Å²) in [6.45, 7) is 3.98. The SMILES string of the molecule is CCC(Nc1ncnc2nc[nH]c12)c1nc2cccc(C)c2c(=O)n1N(C)c1ccccc1. The molecule has 5 aromatic rings. The topological polar surface area (TPSA) is 105 Å². The first-order valence-electron chi connectivity index (χ1n) is 10.8. The lowest BCUT2D eigenvalue weighted by Gasteiger charge is -2.28. The predicted octanol–water partition coefficient (Wildman–Crippen LogP) is 3.83. The van der Waals surface area contributed by atoms with Gasteiger partial charge in [-0.2, -0.15) is 0 Å². The highest BCUT2D eigenvalue weighted by Crippen LogP contribution is 2.26. The van der Waals surface area contributed by atoms with Crippen LogP contribution in [0.1, 0.15) is 30.8 Å². The first kappa shape index (κ1) is 20.6. The quantitative estimate of drug-likeness (QED) is 0.413. The summed E-state index contributed by atoms with van der Waals surface area (Å²) < 4.78 is 1.65. The van der Waals surface area contributed by atoms with Gasteiger partial charge in [-0.25, -0.2) is 24.6 Å². The molecular weight excluding hydrogens is 416 g/mol. The van der Waals surface area contributed by atoms with Crippen molar-refractivity contribution >= 4 is 33.6 Å². The largest absolute Gasteiger partial charge is 0.358 e. The highest BCUT2D eigenvalue weighted by atomic mass is 16.1. The zero-order chi connectivity index (χ0) is 22.9. The van der Waals surface area contributed by atoms with Crippen LogP contribution in [0.2, 0.25) is 0 Å². The van der Waals surface area contributed by atoms with Crippen LogP contribution in [0.4, 0.5) is 11.5 Å². The number of aromatic amines is 1. The van der Waals surface area contributed by atoms with Crippen molar-refractivity contribution in [2.24, 2.45) is 0 Å². The fraction of sp³-hybridized carbons (Fsp3) is 0.208. The van der Waals surface area contributed by atoms with Gasteiger partial charge in [0.15, 0.2) is 17.3 Å². The second kappa shape index (κ2) is 8.34. The van der Waals surface area contributed by atoms with E-state index in [1.54, 1.807) is 11.0 Å². The summed E-state index contributed by atoms with van der Waals surface area (Å²) in [5, 5.41) is 5.90. The number of benzene rings is 2. The Labute approximate surface area is 190 Å². The van der Waals surface area contributed by atoms with Gasteiger partial charge in [-0.05, 0) is 37.1 Å². The number of hydrogen-bond donors (Lipinski definition) is 2. The Balaban J connectivity index is 1.71. The molecule has 0 radical (unpaired) electrons. The Morgan fingerprint density at radius 3 is 2.70 bits per heavy atom. The van der Waals surface area contributed by atoms with Crippen LogP contribution in [0.25, 0.3) is 22.1 Å². The smallest absolute Gasteiger partial charge is 0.280 e. The molecule has 0 amide bonds. The van der Waals surface area contributed by atoms with Crippen molar-refractivity contribution < 1.29 is 0 Å². The normalized spacial score (nSPS) is 12.2. The number of fused-ring (bicyclic) bond motifs is 2. The van der Waals surface area contributed by atoms with Crippen LogP contribution in [0, 0.1) is 6.92 Å². The molecule has 9 heteroatoms. The number of imidazole rings is 1. The van der Waals surface area contributed by atoms with Gasteiger partial charge < -0.3 is 10.3 Å². The minimum Gasteiger partial charge on any atom is -0.358 e. The maximum absolute atomic E-state index is 13.8. The first-order valence-corrected chi connectivity index (χ1v) is 10.8. The van der Waals surface area contributed by atoms with Gasteiger partial charge in [0.05, 0.1) is 29.0 Å². The average molecular weight is 441 g/mol. The predicted molar refractivity (Wildman–Crippen MR) is 129 cm³/mol. The molecule has 1 atom stereocenters. The van der Waals surface area contributed by atoms with Crippen LogP contribution < -0.4 is 15.9 Å². The van der Waals surface area contributed by atoms with E-state index in [0.717, 1.165) is 11.3 Å². The second-order valence-electron chi connectivity index (χ2n) is 7.84. The summed E-state index contributed by atoms with van der Waals surface area (Å²) >= 11 is 0. The Morgan fingerprint density at radius 2 is 1.91 bits per heavy atom. The lowest BCUT2D eigenvalue weighted by atomic mass is 10.1. The Morgan fingerprint density at radius 1 is 1.09 bits per heavy atom. The Hall–Kier alpha value is -4.27. The van der Waals surface area contributed by atoms with E-state index in [-0.39, 0.29) is 11.6 Å². The van der Waals surface area contributed by atoms with Gasteiger partial charge in [0.2, 0.25) is 0 Å². The Kier molecular flexibility index (Phi) is 5.21. The molecule has 0 aliphatic carbocycles. The maximum Gasteiger partial charge on any atom is 0.280 e. The van der Waals surface area contributed by atoms with Gasteiger partial charge in [-0.15, -0.1) is 0 Å². The van der Waals surface area contributed by atoms with Crippen LogP contribution in [0.5, 0.6) is 0 Å². The van der Waals surface area contributed by atoms with Gasteiger partial charge >= 0.3 is 0 Å². The maximum atomic E-state index is 13.8. The standard InChI is InChI=1S/C24H24N8O/c1-4-17(29-22-20-21(26-13-25-20)27-14-28-22)23-30-18-12-8-9-15(2)19(18)24(33)32(23)31(3)16-10-6-5-7-11-16/h5-14,17H,4H2,1-3H3,(H2,25,26,27,28,29). The molecule has 0 bridgehead atoms. The third kappa shape index (κ3) is 3.57. The number of hydrogen-bond acceptors (Lipinski definition) is 7. The molecule has 0 saturated heterocycles. The van der Waals surface area contributed by atoms with E-state index in [9.17, 15) is 4.79 Å². The van der Waals surface area contributed by atoms with Gasteiger partial charge in [0.1, 0.15) is 11.8 Å². The van der Waals surface area contributed by atoms with Gasteiger partial charge in [0.25, 0.3) is 5.56 Å². The summed E-state index contributed by atoms with van der Waals surface area (Å²) in [6, 6.07) is 15.2. The van der Waals surface area contributed by atoms with Crippen molar-refractivity contribution in [2.45, 2.75) is 26.3 Å². The number of para-hydroxylation sites is 1. The molecule has 2 N–H and O–H groups in total. The van der Waals surface area contributed by atoms with E-state index in [1.165, 1.54) is 6.33 Å². The number of nitrogens with zero attached hydrogens (tertiary/aromatic N) is 6. The molecule has 0 aliphatic rings. The number of H-pyrrole nitrogens is 1. The van der Waals surface area contributed by atoms with E-state index in [1.807, 2.05) is 74.4 Å². The summed E-state index contributed by atoms with van der Waals surface area (Å²) in [5.74, 6) is 1.20. The first-order chi connectivity index (χ1) is 16.1. The zero-order valence-electron chi connectivity index (χ0n) is 18.6. The lowest BCUT2D eigenvalue weighted by Crippen LogP contribution is -2.40. The number of anilines is 2. The molecule has 3 heterocycles. The fourth-order valence-corrected chi connectivity index (χ4v) is 4.07. The molecule has 5 rings (SSSR count). The molecule has 0 fully saturated rings. The van der Waals surface area contributed by atoms with Crippen molar-refractivity contribution in [3.63, 3.8) is 0 Å². The molecule has 0 saturated carbocycles. The fourth-order valence-electron chi connectivity index (χ4n) is 4.07. The van der Waals surface area contributed by atoms with E-state index in [2.05, 4.69) is 25.3 Å². The van der Waals surface area contributed by atoms with Gasteiger partial charge in [-0.3, -0.25) is 9.80 Å². The number of rotatable bonds is 6. The molecular formula is C24H24N8O. The summed E-state index contributed by atoms with van der Waals surface area (Å²) in [5.41, 5.74) is 3.60. The molecule has 0 aliphatic heterocycles. The summed E-state index contributed by atoms with van der Waals surface area (Å²) in [4.78, 5) is 34.7. The summed E-state index contributed by atoms with van der Waals surface area (Å²) in [6.07, 6.45) is 3.73. The molecule has 33 heavy (non-hydrogen) atoms. The lowest BCUT2D eigenvalue weighted by molar-refractivity contribution is 0.595. The van der Waals surface area contributed by atoms with Crippen molar-refractivity contribution in [1.82, 2.24) is 29.6 Å². The van der Waals surface area contributed by atoms with Crippen molar-refractivity contribution in [2.75, 3.05) is 17.4 Å². The summed E-state index contributed by atoms with van der Waals surface area (Å²) in [7, 11) is 1.87. The average Bonchev–Trinajstić information content (AvgIpc) is 3.32. The number of aryl methyl sites for hydroxylation is 1. The number of aromatic nitrogens is 6. The van der Waals surface area contributed by atoms with Gasteiger partial charge in [0, 0.05) is 7.05 Å². The minimum absolute atomic E-state index is 0.117. The van der Waals surface area contributed by atoms with Crippen LogP contribution in [0.15, 0.2) is 66.0 Å². The highest BCUT2D eigenvalue weighted by molar-refractivity contribution is 5.83. The molecule has 166 valence electrons. The molecule has 9 nitrogen and oxygen atoms in total. The van der Waals surface area contributed by atoms with E-state index in [0.29, 0.717) is 40.1 Å². The molecule has 1 unspecified atom stereocenters. The van der Waals surface area contributed by atoms with Crippen molar-refractivity contribution in [1.29, 1.82) is 0 Å². The molecule has 2 aromatic carbocycles. The third-order valence-electron chi connectivity index (χ3n) is 5.79. The van der Waals surface area contributed by atoms with Gasteiger partial charge in [-0.1, -0.05) is 37.3 Å². The van der Waals surface area contributed by atoms with E-state index >= 15 is 0 Å². The molecule has 3 aromatic heterocycles. The van der Waals surface area contributed by atoms with E-state index < -0.39 is 0 Å². The Bertz CT molecular complexity index is 1490. The monoisotopic (exact) mass is 440 g/mol. The second-order valence-corrected chi connectivity index (χ2v) is 7.84. The highest BCUT2D eigenvalue weighted by Gasteiger charge is 2.23. The minimum atomic E-state index is -0.296. The molecule has 0 spiro atoms.